The SMILES string of the molecule is CCC(=O)N(C(=O)NCC=O)c1ccccc1. The second kappa shape index (κ2) is 6.42. The van der Waals surface area contributed by atoms with Crippen molar-refractivity contribution in [2.24, 2.45) is 0 Å². The number of amides is 3. The number of anilines is 1. The first-order chi connectivity index (χ1) is 8.20. The molecule has 0 aromatic heterocycles. The summed E-state index contributed by atoms with van der Waals surface area (Å²) in [7, 11) is 0. The summed E-state index contributed by atoms with van der Waals surface area (Å²) in [5.41, 5.74) is 0.489. The van der Waals surface area contributed by atoms with Gasteiger partial charge in [0, 0.05) is 6.42 Å². The molecule has 1 aromatic carbocycles. The number of benzene rings is 1. The van der Waals surface area contributed by atoms with E-state index in [9.17, 15) is 14.4 Å². The number of urea groups is 1. The van der Waals surface area contributed by atoms with Crippen LogP contribution in [0.15, 0.2) is 30.3 Å². The van der Waals surface area contributed by atoms with Crippen molar-refractivity contribution < 1.29 is 14.4 Å². The maximum Gasteiger partial charge on any atom is 0.329 e. The monoisotopic (exact) mass is 234 g/mol. The van der Waals surface area contributed by atoms with Crippen molar-refractivity contribution in [3.8, 4) is 0 Å². The van der Waals surface area contributed by atoms with Crippen LogP contribution in [0.1, 0.15) is 13.3 Å². The van der Waals surface area contributed by atoms with Crippen molar-refractivity contribution >= 4 is 23.9 Å². The second-order valence-corrected chi connectivity index (χ2v) is 3.27. The Kier molecular flexibility index (Phi) is 4.87. The molecule has 1 aromatic rings. The molecule has 5 nitrogen and oxygen atoms in total. The highest BCUT2D eigenvalue weighted by Gasteiger charge is 2.21. The molecule has 17 heavy (non-hydrogen) atoms. The third-order valence-electron chi connectivity index (χ3n) is 2.11. The second-order valence-electron chi connectivity index (χ2n) is 3.27. The lowest BCUT2D eigenvalue weighted by Crippen LogP contribution is -2.44. The van der Waals surface area contributed by atoms with E-state index in [0.29, 0.717) is 12.0 Å². The molecule has 0 aliphatic carbocycles. The zero-order valence-corrected chi connectivity index (χ0v) is 9.55. The van der Waals surface area contributed by atoms with E-state index in [1.807, 2.05) is 0 Å². The number of nitrogens with zero attached hydrogens (tertiary/aromatic N) is 1. The third-order valence-corrected chi connectivity index (χ3v) is 2.11. The van der Waals surface area contributed by atoms with Crippen LogP contribution in [0.4, 0.5) is 10.5 Å². The van der Waals surface area contributed by atoms with Crippen LogP contribution in [0.25, 0.3) is 0 Å². The summed E-state index contributed by atoms with van der Waals surface area (Å²) in [5.74, 6) is -0.320. The number of carbonyl (C=O) groups is 3. The summed E-state index contributed by atoms with van der Waals surface area (Å²) < 4.78 is 0. The molecule has 3 amide bonds. The van der Waals surface area contributed by atoms with Gasteiger partial charge in [-0.1, -0.05) is 25.1 Å². The number of aldehydes is 1. The molecule has 0 saturated carbocycles. The highest BCUT2D eigenvalue weighted by Crippen LogP contribution is 2.14. The average molecular weight is 234 g/mol. The van der Waals surface area contributed by atoms with Gasteiger partial charge in [0.25, 0.3) is 0 Å². The van der Waals surface area contributed by atoms with Crippen molar-refractivity contribution in [1.29, 1.82) is 0 Å². The number of imide groups is 1. The summed E-state index contributed by atoms with van der Waals surface area (Å²) in [4.78, 5) is 34.7. The number of hydrogen-bond acceptors (Lipinski definition) is 3. The molecule has 0 spiro atoms. The van der Waals surface area contributed by atoms with Gasteiger partial charge in [-0.3, -0.25) is 4.79 Å². The van der Waals surface area contributed by atoms with E-state index in [1.54, 1.807) is 37.3 Å². The quantitative estimate of drug-likeness (QED) is 0.799. The van der Waals surface area contributed by atoms with Crippen molar-refractivity contribution in [2.45, 2.75) is 13.3 Å². The summed E-state index contributed by atoms with van der Waals surface area (Å²) in [6.45, 7) is 1.56. The van der Waals surface area contributed by atoms with Crippen LogP contribution >= 0.6 is 0 Å². The molecule has 90 valence electrons. The fraction of sp³-hybridized carbons (Fsp3) is 0.250. The van der Waals surface area contributed by atoms with Crippen molar-refractivity contribution in [3.63, 3.8) is 0 Å². The average Bonchev–Trinajstić information content (AvgIpc) is 2.37. The number of hydrogen-bond donors (Lipinski definition) is 1. The molecule has 1 N–H and O–H groups in total. The Hall–Kier alpha value is -2.17. The number of nitrogens with one attached hydrogen (secondary N) is 1. The largest absolute Gasteiger partial charge is 0.331 e. The van der Waals surface area contributed by atoms with Gasteiger partial charge >= 0.3 is 6.03 Å². The summed E-state index contributed by atoms with van der Waals surface area (Å²) in [6, 6.07) is 8.00. The van der Waals surface area contributed by atoms with Gasteiger partial charge in [0.1, 0.15) is 6.29 Å². The third kappa shape index (κ3) is 3.41. The summed E-state index contributed by atoms with van der Waals surface area (Å²) in [5, 5.41) is 2.34. The molecule has 0 saturated heterocycles. The molecule has 1 rings (SSSR count). The molecule has 0 radical (unpaired) electrons. The zero-order chi connectivity index (χ0) is 12.7. The Labute approximate surface area is 99.4 Å². The van der Waals surface area contributed by atoms with Crippen molar-refractivity contribution in [1.82, 2.24) is 5.32 Å². The molecule has 0 heterocycles. The van der Waals surface area contributed by atoms with Gasteiger partial charge in [-0.15, -0.1) is 0 Å². The van der Waals surface area contributed by atoms with Crippen LogP contribution < -0.4 is 10.2 Å². The topological polar surface area (TPSA) is 66.5 Å². The number of carbonyl (C=O) groups excluding carboxylic acids is 3. The van der Waals surface area contributed by atoms with Gasteiger partial charge in [-0.25, -0.2) is 9.69 Å². The molecule has 5 heteroatoms. The van der Waals surface area contributed by atoms with E-state index in [-0.39, 0.29) is 18.9 Å². The molecule has 0 aliphatic rings. The lowest BCUT2D eigenvalue weighted by atomic mass is 10.2. The Balaban J connectivity index is 2.92. The van der Waals surface area contributed by atoms with E-state index < -0.39 is 6.03 Å². The first-order valence-electron chi connectivity index (χ1n) is 5.30. The minimum Gasteiger partial charge on any atom is -0.331 e. The first-order valence-corrected chi connectivity index (χ1v) is 5.30. The maximum atomic E-state index is 11.7. The standard InChI is InChI=1S/C12H14N2O3/c1-2-11(16)14(12(17)13-8-9-15)10-6-4-3-5-7-10/h3-7,9H,2,8H2,1H3,(H,13,17). The Morgan fingerprint density at radius 2 is 1.94 bits per heavy atom. The minimum absolute atomic E-state index is 0.112. The van der Waals surface area contributed by atoms with E-state index in [4.69, 9.17) is 0 Å². The van der Waals surface area contributed by atoms with Crippen LogP contribution in [-0.4, -0.2) is 24.8 Å². The highest BCUT2D eigenvalue weighted by molar-refractivity contribution is 6.14. The molecular weight excluding hydrogens is 220 g/mol. The molecule has 0 aliphatic heterocycles. The summed E-state index contributed by atoms with van der Waals surface area (Å²) >= 11 is 0. The van der Waals surface area contributed by atoms with Crippen LogP contribution in [0, 0.1) is 0 Å². The van der Waals surface area contributed by atoms with E-state index in [0.717, 1.165) is 4.90 Å². The fourth-order valence-electron chi connectivity index (χ4n) is 1.32. The molecule has 0 fully saturated rings. The molecular formula is C12H14N2O3. The maximum absolute atomic E-state index is 11.7. The van der Waals surface area contributed by atoms with Crippen LogP contribution in [-0.2, 0) is 9.59 Å². The molecule has 0 unspecified atom stereocenters. The minimum atomic E-state index is -0.588. The van der Waals surface area contributed by atoms with E-state index >= 15 is 0 Å². The van der Waals surface area contributed by atoms with Crippen molar-refractivity contribution in [2.75, 3.05) is 11.4 Å². The van der Waals surface area contributed by atoms with Gasteiger partial charge in [0.05, 0.1) is 12.2 Å². The number of para-hydroxylation sites is 1. The normalized spacial score (nSPS) is 9.47. The van der Waals surface area contributed by atoms with Gasteiger partial charge in [0.2, 0.25) is 5.91 Å². The molecule has 0 bridgehead atoms. The van der Waals surface area contributed by atoms with Crippen LogP contribution in [0.5, 0.6) is 0 Å². The van der Waals surface area contributed by atoms with Gasteiger partial charge in [-0.2, -0.15) is 0 Å². The zero-order valence-electron chi connectivity index (χ0n) is 9.55. The number of rotatable bonds is 4. The predicted molar refractivity (Wildman–Crippen MR) is 63.7 cm³/mol. The van der Waals surface area contributed by atoms with Crippen molar-refractivity contribution in [3.05, 3.63) is 30.3 Å². The van der Waals surface area contributed by atoms with E-state index in [1.165, 1.54) is 0 Å². The van der Waals surface area contributed by atoms with Crippen LogP contribution in [0.3, 0.4) is 0 Å². The van der Waals surface area contributed by atoms with Crippen LogP contribution in [0.2, 0.25) is 0 Å². The first kappa shape index (κ1) is 12.9. The summed E-state index contributed by atoms with van der Waals surface area (Å²) in [6.07, 6.45) is 0.779. The van der Waals surface area contributed by atoms with Gasteiger partial charge < -0.3 is 10.1 Å². The highest BCUT2D eigenvalue weighted by atomic mass is 16.2. The van der Waals surface area contributed by atoms with Gasteiger partial charge in [-0.05, 0) is 12.1 Å². The lowest BCUT2D eigenvalue weighted by molar-refractivity contribution is -0.117. The predicted octanol–water partition coefficient (Wildman–Crippen LogP) is 1.34. The molecule has 0 atom stereocenters. The Bertz CT molecular complexity index is 403. The Morgan fingerprint density at radius 3 is 2.47 bits per heavy atom. The lowest BCUT2D eigenvalue weighted by Gasteiger charge is -2.20. The fourth-order valence-corrected chi connectivity index (χ4v) is 1.32. The Morgan fingerprint density at radius 1 is 1.29 bits per heavy atom. The smallest absolute Gasteiger partial charge is 0.329 e. The van der Waals surface area contributed by atoms with E-state index in [2.05, 4.69) is 5.32 Å². The van der Waals surface area contributed by atoms with Gasteiger partial charge in [0.15, 0.2) is 0 Å².